The van der Waals surface area contributed by atoms with Gasteiger partial charge in [0.2, 0.25) is 0 Å². The van der Waals surface area contributed by atoms with Crippen molar-refractivity contribution in [3.8, 4) is 0 Å². The second-order valence-electron chi connectivity index (χ2n) is 3.91. The minimum absolute atomic E-state index is 0.416. The van der Waals surface area contributed by atoms with E-state index >= 15 is 0 Å². The fourth-order valence-corrected chi connectivity index (χ4v) is 2.44. The second-order valence-corrected chi connectivity index (χ2v) is 3.91. The van der Waals surface area contributed by atoms with Gasteiger partial charge in [-0.25, -0.2) is 0 Å². The van der Waals surface area contributed by atoms with Crippen LogP contribution in [0, 0.1) is 11.3 Å². The van der Waals surface area contributed by atoms with E-state index in [2.05, 4.69) is 0 Å². The minimum Gasteiger partial charge on any atom is -0.396 e. The fraction of sp³-hybridized carbons (Fsp3) is 0.778. The van der Waals surface area contributed by atoms with E-state index in [0.29, 0.717) is 17.9 Å². The summed E-state index contributed by atoms with van der Waals surface area (Å²) >= 11 is 0. The molecule has 3 aliphatic rings. The average molecular weight is 136 g/mol. The van der Waals surface area contributed by atoms with Crippen LogP contribution in [0.1, 0.15) is 25.7 Å². The molecule has 1 N–H and O–H groups in total. The highest BCUT2D eigenvalue weighted by Crippen LogP contribution is 2.77. The van der Waals surface area contributed by atoms with E-state index in [1.54, 1.807) is 11.1 Å². The summed E-state index contributed by atoms with van der Waals surface area (Å²) in [6, 6.07) is 0. The number of aliphatic hydroxyl groups is 1. The van der Waals surface area contributed by atoms with E-state index in [1.807, 2.05) is 0 Å². The maximum absolute atomic E-state index is 8.99. The van der Waals surface area contributed by atoms with Gasteiger partial charge in [0, 0.05) is 11.3 Å². The predicted molar refractivity (Wildman–Crippen MR) is 38.5 cm³/mol. The molecular weight excluding hydrogens is 124 g/mol. The zero-order chi connectivity index (χ0) is 6.77. The molecule has 0 radical (unpaired) electrons. The van der Waals surface area contributed by atoms with Crippen LogP contribution in [-0.4, -0.2) is 11.7 Å². The summed E-state index contributed by atoms with van der Waals surface area (Å²) in [6.07, 6.45) is 5.43. The molecule has 1 heteroatoms. The third-order valence-corrected chi connectivity index (χ3v) is 3.32. The zero-order valence-electron chi connectivity index (χ0n) is 6.06. The fourth-order valence-electron chi connectivity index (χ4n) is 2.44. The van der Waals surface area contributed by atoms with Crippen molar-refractivity contribution >= 4 is 0 Å². The Balaban J connectivity index is 1.96. The standard InChI is InChI=1S/C9H12O/c10-5-7-8(6-1-2-6)9(7)3-4-9/h7,10H,1-5H2. The molecule has 1 atom stereocenters. The molecule has 1 spiro atoms. The quantitative estimate of drug-likeness (QED) is 0.541. The van der Waals surface area contributed by atoms with Crippen LogP contribution >= 0.6 is 0 Å². The highest BCUT2D eigenvalue weighted by atomic mass is 16.3. The van der Waals surface area contributed by atoms with Gasteiger partial charge >= 0.3 is 0 Å². The lowest BCUT2D eigenvalue weighted by molar-refractivity contribution is 0.269. The van der Waals surface area contributed by atoms with Gasteiger partial charge in [-0.05, 0) is 25.7 Å². The average Bonchev–Trinajstić information content (AvgIpc) is 2.77. The first kappa shape index (κ1) is 5.36. The van der Waals surface area contributed by atoms with Crippen molar-refractivity contribution in [1.82, 2.24) is 0 Å². The molecule has 1 nitrogen and oxygen atoms in total. The van der Waals surface area contributed by atoms with Gasteiger partial charge in [0.1, 0.15) is 0 Å². The normalized spacial score (nSPS) is 38.7. The lowest BCUT2D eigenvalue weighted by atomic mass is 10.3. The molecular formula is C9H12O. The Morgan fingerprint density at radius 3 is 2.40 bits per heavy atom. The number of rotatable bonds is 1. The smallest absolute Gasteiger partial charge is 0.0505 e. The Bertz CT molecular complexity index is 217. The maximum Gasteiger partial charge on any atom is 0.0505 e. The Kier molecular flexibility index (Phi) is 0.713. The van der Waals surface area contributed by atoms with E-state index in [4.69, 9.17) is 5.11 Å². The van der Waals surface area contributed by atoms with Crippen molar-refractivity contribution in [3.63, 3.8) is 0 Å². The van der Waals surface area contributed by atoms with Crippen LogP contribution in [0.4, 0.5) is 0 Å². The summed E-state index contributed by atoms with van der Waals surface area (Å²) in [5.74, 6) is 0.616. The summed E-state index contributed by atoms with van der Waals surface area (Å²) in [4.78, 5) is 0. The monoisotopic (exact) mass is 136 g/mol. The number of aliphatic hydroxyl groups excluding tert-OH is 1. The highest BCUT2D eigenvalue weighted by molar-refractivity contribution is 5.51. The van der Waals surface area contributed by atoms with Gasteiger partial charge < -0.3 is 5.11 Å². The zero-order valence-corrected chi connectivity index (χ0v) is 6.06. The van der Waals surface area contributed by atoms with Crippen molar-refractivity contribution in [2.24, 2.45) is 11.3 Å². The topological polar surface area (TPSA) is 20.2 Å². The molecule has 0 saturated heterocycles. The third-order valence-electron chi connectivity index (χ3n) is 3.32. The first-order valence-electron chi connectivity index (χ1n) is 4.22. The lowest BCUT2D eigenvalue weighted by Gasteiger charge is -1.80. The largest absolute Gasteiger partial charge is 0.396 e. The number of allylic oxidation sites excluding steroid dienone is 1. The van der Waals surface area contributed by atoms with Crippen molar-refractivity contribution in [1.29, 1.82) is 0 Å². The van der Waals surface area contributed by atoms with E-state index in [1.165, 1.54) is 25.7 Å². The van der Waals surface area contributed by atoms with Crippen LogP contribution in [0.25, 0.3) is 0 Å². The molecule has 3 fully saturated rings. The maximum atomic E-state index is 8.99. The van der Waals surface area contributed by atoms with E-state index in [0.717, 1.165) is 0 Å². The summed E-state index contributed by atoms with van der Waals surface area (Å²) in [7, 11) is 0. The molecule has 3 aliphatic carbocycles. The number of hydrogen-bond donors (Lipinski definition) is 1. The molecule has 1 unspecified atom stereocenters. The molecule has 0 aromatic heterocycles. The summed E-state index contributed by atoms with van der Waals surface area (Å²) < 4.78 is 0. The molecule has 0 aromatic carbocycles. The number of hydrogen-bond acceptors (Lipinski definition) is 1. The molecule has 0 bridgehead atoms. The molecule has 0 amide bonds. The first-order chi connectivity index (χ1) is 4.88. The van der Waals surface area contributed by atoms with Crippen molar-refractivity contribution < 1.29 is 5.11 Å². The molecule has 54 valence electrons. The van der Waals surface area contributed by atoms with Crippen LogP contribution < -0.4 is 0 Å². The van der Waals surface area contributed by atoms with Crippen molar-refractivity contribution in [2.75, 3.05) is 6.61 Å². The van der Waals surface area contributed by atoms with Gasteiger partial charge in [0.15, 0.2) is 0 Å². The Morgan fingerprint density at radius 2 is 2.10 bits per heavy atom. The SMILES string of the molecule is OCC1C(=C2CC2)C12CC2. The molecule has 0 aromatic rings. The van der Waals surface area contributed by atoms with Crippen LogP contribution in [-0.2, 0) is 0 Å². The van der Waals surface area contributed by atoms with Crippen LogP contribution in [0.2, 0.25) is 0 Å². The summed E-state index contributed by atoms with van der Waals surface area (Å²) in [5, 5.41) is 8.99. The van der Waals surface area contributed by atoms with E-state index in [-0.39, 0.29) is 0 Å². The van der Waals surface area contributed by atoms with Gasteiger partial charge in [-0.2, -0.15) is 0 Å². The Morgan fingerprint density at radius 1 is 1.40 bits per heavy atom. The van der Waals surface area contributed by atoms with Crippen molar-refractivity contribution in [2.45, 2.75) is 25.7 Å². The van der Waals surface area contributed by atoms with Gasteiger partial charge in [-0.3, -0.25) is 0 Å². The van der Waals surface area contributed by atoms with Crippen LogP contribution in [0.15, 0.2) is 11.1 Å². The minimum atomic E-state index is 0.416. The molecule has 0 aliphatic heterocycles. The predicted octanol–water partition coefficient (Wildman–Crippen LogP) is 1.48. The van der Waals surface area contributed by atoms with Gasteiger partial charge in [0.05, 0.1) is 6.61 Å². The van der Waals surface area contributed by atoms with Crippen molar-refractivity contribution in [3.05, 3.63) is 11.1 Å². The highest BCUT2D eigenvalue weighted by Gasteiger charge is 2.68. The Labute approximate surface area is 60.7 Å². The van der Waals surface area contributed by atoms with E-state index < -0.39 is 0 Å². The van der Waals surface area contributed by atoms with Gasteiger partial charge in [-0.1, -0.05) is 11.1 Å². The molecule has 10 heavy (non-hydrogen) atoms. The third kappa shape index (κ3) is 0.450. The summed E-state index contributed by atoms with van der Waals surface area (Å²) in [5.41, 5.74) is 3.96. The van der Waals surface area contributed by atoms with Gasteiger partial charge in [0.25, 0.3) is 0 Å². The molecule has 0 heterocycles. The van der Waals surface area contributed by atoms with Crippen LogP contribution in [0.3, 0.4) is 0 Å². The second kappa shape index (κ2) is 1.33. The molecule has 3 rings (SSSR count). The Hall–Kier alpha value is -0.300. The first-order valence-corrected chi connectivity index (χ1v) is 4.22. The lowest BCUT2D eigenvalue weighted by Crippen LogP contribution is -1.86. The summed E-state index contributed by atoms with van der Waals surface area (Å²) in [6.45, 7) is 0.416. The van der Waals surface area contributed by atoms with Crippen LogP contribution in [0.5, 0.6) is 0 Å². The van der Waals surface area contributed by atoms with Gasteiger partial charge in [-0.15, -0.1) is 0 Å². The van der Waals surface area contributed by atoms with E-state index in [9.17, 15) is 0 Å². The molecule has 3 saturated carbocycles.